The number of hydrogen-bond donors (Lipinski definition) is 1. The lowest BCUT2D eigenvalue weighted by Crippen LogP contribution is -2.12. The fraction of sp³-hybridized carbons (Fsp3) is 0.0952. The molecule has 0 fully saturated rings. The molecule has 0 unspecified atom stereocenters. The maximum atomic E-state index is 12.6. The van der Waals surface area contributed by atoms with Crippen LogP contribution in [0.5, 0.6) is 0 Å². The monoisotopic (exact) mass is 346 g/mol. The van der Waals surface area contributed by atoms with Crippen molar-refractivity contribution in [2.45, 2.75) is 6.92 Å². The third-order valence-electron chi connectivity index (χ3n) is 3.76. The summed E-state index contributed by atoms with van der Waals surface area (Å²) in [5, 5.41) is 3.69. The van der Waals surface area contributed by atoms with Gasteiger partial charge in [-0.2, -0.15) is 0 Å². The van der Waals surface area contributed by atoms with E-state index in [9.17, 15) is 9.59 Å². The molecule has 1 N–H and O–H groups in total. The van der Waals surface area contributed by atoms with Crippen LogP contribution >= 0.6 is 0 Å². The van der Waals surface area contributed by atoms with Crippen LogP contribution in [0.25, 0.3) is 17.0 Å². The van der Waals surface area contributed by atoms with Crippen molar-refractivity contribution in [3.05, 3.63) is 78.0 Å². The summed E-state index contributed by atoms with van der Waals surface area (Å²) in [6, 6.07) is 16.3. The van der Waals surface area contributed by atoms with E-state index in [-0.39, 0.29) is 11.9 Å². The van der Waals surface area contributed by atoms with Gasteiger partial charge in [0.1, 0.15) is 0 Å². The van der Waals surface area contributed by atoms with Gasteiger partial charge in [-0.05, 0) is 48.9 Å². The minimum Gasteiger partial charge on any atom is -0.463 e. The molecular weight excluding hydrogens is 328 g/mol. The fourth-order valence-electron chi connectivity index (χ4n) is 2.53. The highest BCUT2D eigenvalue weighted by Gasteiger charge is 2.10. The molecule has 1 aromatic heterocycles. The molecule has 0 aliphatic rings. The van der Waals surface area contributed by atoms with Gasteiger partial charge < -0.3 is 10.1 Å². The van der Waals surface area contributed by atoms with Gasteiger partial charge in [0.25, 0.3) is 5.91 Å². The number of hydrogen-bond acceptors (Lipinski definition) is 4. The number of amides is 1. The predicted octanol–water partition coefficient (Wildman–Crippen LogP) is 4.06. The molecule has 0 saturated heterocycles. The number of nitrogens with one attached hydrogen (secondary N) is 1. The molecule has 0 atom stereocenters. The van der Waals surface area contributed by atoms with Crippen molar-refractivity contribution < 1.29 is 14.3 Å². The molecule has 0 aliphatic carbocycles. The molecule has 3 aromatic rings. The van der Waals surface area contributed by atoms with E-state index >= 15 is 0 Å². The standard InChI is InChI=1S/C21H18N2O3/c1-2-26-20(24)13-10-15-8-11-16(12-9-15)23-21(25)18-5-3-7-19-17(18)6-4-14-22-19/h3-14H,2H2,1H3,(H,23,25)/b13-10+. The van der Waals surface area contributed by atoms with Gasteiger partial charge in [-0.15, -0.1) is 0 Å². The minimum atomic E-state index is -0.380. The Morgan fingerprint density at radius 3 is 2.65 bits per heavy atom. The number of rotatable bonds is 5. The number of pyridine rings is 1. The predicted molar refractivity (Wildman–Crippen MR) is 102 cm³/mol. The lowest BCUT2D eigenvalue weighted by Gasteiger charge is -2.08. The Labute approximate surface area is 151 Å². The summed E-state index contributed by atoms with van der Waals surface area (Å²) in [4.78, 5) is 28.2. The first-order chi connectivity index (χ1) is 12.7. The normalized spacial score (nSPS) is 10.8. The smallest absolute Gasteiger partial charge is 0.330 e. The Bertz CT molecular complexity index is 957. The molecule has 2 aromatic carbocycles. The topological polar surface area (TPSA) is 68.3 Å². The molecule has 1 heterocycles. The quantitative estimate of drug-likeness (QED) is 0.559. The van der Waals surface area contributed by atoms with Gasteiger partial charge in [-0.3, -0.25) is 9.78 Å². The maximum absolute atomic E-state index is 12.6. The molecule has 26 heavy (non-hydrogen) atoms. The second-order valence-corrected chi connectivity index (χ2v) is 5.54. The molecule has 0 radical (unpaired) electrons. The van der Waals surface area contributed by atoms with Crippen LogP contribution in [-0.2, 0) is 9.53 Å². The zero-order valence-corrected chi connectivity index (χ0v) is 14.3. The highest BCUT2D eigenvalue weighted by atomic mass is 16.5. The third-order valence-corrected chi connectivity index (χ3v) is 3.76. The van der Waals surface area contributed by atoms with Gasteiger partial charge in [0.15, 0.2) is 0 Å². The van der Waals surface area contributed by atoms with Crippen molar-refractivity contribution in [2.24, 2.45) is 0 Å². The first kappa shape index (κ1) is 17.4. The van der Waals surface area contributed by atoms with Crippen LogP contribution in [0.1, 0.15) is 22.8 Å². The molecule has 5 nitrogen and oxygen atoms in total. The van der Waals surface area contributed by atoms with Crippen LogP contribution in [0.3, 0.4) is 0 Å². The average molecular weight is 346 g/mol. The highest BCUT2D eigenvalue weighted by Crippen LogP contribution is 2.18. The van der Waals surface area contributed by atoms with Crippen molar-refractivity contribution in [1.82, 2.24) is 4.98 Å². The lowest BCUT2D eigenvalue weighted by molar-refractivity contribution is -0.137. The Hall–Kier alpha value is -3.47. The largest absolute Gasteiger partial charge is 0.463 e. The van der Waals surface area contributed by atoms with E-state index in [1.54, 1.807) is 37.4 Å². The Kier molecular flexibility index (Phi) is 5.39. The molecular formula is C21H18N2O3. The van der Waals surface area contributed by atoms with Crippen LogP contribution in [-0.4, -0.2) is 23.5 Å². The number of benzene rings is 2. The van der Waals surface area contributed by atoms with Gasteiger partial charge >= 0.3 is 5.97 Å². The molecule has 3 rings (SSSR count). The van der Waals surface area contributed by atoms with Crippen molar-refractivity contribution in [2.75, 3.05) is 11.9 Å². The molecule has 0 saturated carbocycles. The molecule has 1 amide bonds. The van der Waals surface area contributed by atoms with Crippen molar-refractivity contribution in [3.8, 4) is 0 Å². The Morgan fingerprint density at radius 1 is 1.08 bits per heavy atom. The van der Waals surface area contributed by atoms with Crippen molar-refractivity contribution in [1.29, 1.82) is 0 Å². The van der Waals surface area contributed by atoms with Crippen molar-refractivity contribution >= 4 is 34.5 Å². The van der Waals surface area contributed by atoms with Gasteiger partial charge in [0.05, 0.1) is 12.1 Å². The van der Waals surface area contributed by atoms with Gasteiger partial charge in [-0.1, -0.05) is 24.3 Å². The van der Waals surface area contributed by atoms with E-state index in [1.807, 2.05) is 36.4 Å². The van der Waals surface area contributed by atoms with Gasteiger partial charge in [0.2, 0.25) is 0 Å². The second kappa shape index (κ2) is 8.07. The highest BCUT2D eigenvalue weighted by molar-refractivity contribution is 6.12. The number of ether oxygens (including phenoxy) is 1. The maximum Gasteiger partial charge on any atom is 0.330 e. The van der Waals surface area contributed by atoms with Crippen molar-refractivity contribution in [3.63, 3.8) is 0 Å². The van der Waals surface area contributed by atoms with E-state index < -0.39 is 0 Å². The summed E-state index contributed by atoms with van der Waals surface area (Å²) < 4.78 is 4.84. The molecule has 0 spiro atoms. The van der Waals surface area contributed by atoms with Crippen LogP contribution in [0, 0.1) is 0 Å². The molecule has 0 bridgehead atoms. The third kappa shape index (κ3) is 4.13. The number of carbonyl (C=O) groups is 2. The number of carbonyl (C=O) groups excluding carboxylic acids is 2. The number of aromatic nitrogens is 1. The number of anilines is 1. The molecule has 130 valence electrons. The van der Waals surface area contributed by atoms with E-state index in [1.165, 1.54) is 6.08 Å². The summed E-state index contributed by atoms with van der Waals surface area (Å²) in [5.74, 6) is -0.576. The summed E-state index contributed by atoms with van der Waals surface area (Å²) in [7, 11) is 0. The second-order valence-electron chi connectivity index (χ2n) is 5.54. The van der Waals surface area contributed by atoms with Crippen LogP contribution in [0.15, 0.2) is 66.9 Å². The fourth-order valence-corrected chi connectivity index (χ4v) is 2.53. The summed E-state index contributed by atoms with van der Waals surface area (Å²) in [6.45, 7) is 2.10. The number of fused-ring (bicyclic) bond motifs is 1. The van der Waals surface area contributed by atoms with Gasteiger partial charge in [-0.25, -0.2) is 4.79 Å². The SMILES string of the molecule is CCOC(=O)/C=C/c1ccc(NC(=O)c2cccc3ncccc23)cc1. The Morgan fingerprint density at radius 2 is 1.88 bits per heavy atom. The first-order valence-corrected chi connectivity index (χ1v) is 8.27. The number of nitrogens with zero attached hydrogens (tertiary/aromatic N) is 1. The molecule has 5 heteroatoms. The average Bonchev–Trinajstić information content (AvgIpc) is 2.67. The zero-order valence-electron chi connectivity index (χ0n) is 14.3. The number of esters is 1. The van der Waals surface area contributed by atoms with Gasteiger partial charge in [0, 0.05) is 28.9 Å². The Balaban J connectivity index is 1.72. The summed E-state index contributed by atoms with van der Waals surface area (Å²) in [5.41, 5.74) is 2.86. The summed E-state index contributed by atoms with van der Waals surface area (Å²) in [6.07, 6.45) is 4.74. The lowest BCUT2D eigenvalue weighted by atomic mass is 10.1. The first-order valence-electron chi connectivity index (χ1n) is 8.27. The van der Waals surface area contributed by atoms with Crippen LogP contribution in [0.2, 0.25) is 0 Å². The summed E-state index contributed by atoms with van der Waals surface area (Å²) >= 11 is 0. The van der Waals surface area contributed by atoms with Crippen LogP contribution < -0.4 is 5.32 Å². The zero-order chi connectivity index (χ0) is 18.4. The van der Waals surface area contributed by atoms with E-state index in [2.05, 4.69) is 10.3 Å². The molecule has 0 aliphatic heterocycles. The van der Waals surface area contributed by atoms with E-state index in [0.717, 1.165) is 16.5 Å². The minimum absolute atomic E-state index is 0.196. The van der Waals surface area contributed by atoms with Crippen LogP contribution in [0.4, 0.5) is 5.69 Å². The van der Waals surface area contributed by atoms with E-state index in [4.69, 9.17) is 4.74 Å². The van der Waals surface area contributed by atoms with E-state index in [0.29, 0.717) is 17.9 Å².